The molecular formula is C21H41N7O12. The number of likely N-dealkylation sites (N-methyl/N-ethyl adjacent to an activating group) is 1. The van der Waals surface area contributed by atoms with Gasteiger partial charge >= 0.3 is 0 Å². The van der Waals surface area contributed by atoms with E-state index in [4.69, 9.17) is 41.9 Å². The van der Waals surface area contributed by atoms with Gasteiger partial charge in [-0.2, -0.15) is 0 Å². The molecule has 19 heteroatoms. The molecule has 19 nitrogen and oxygen atoms in total. The summed E-state index contributed by atoms with van der Waals surface area (Å²) in [4.78, 5) is 7.66. The first-order chi connectivity index (χ1) is 18.7. The van der Waals surface area contributed by atoms with Crippen LogP contribution in [0.1, 0.15) is 6.92 Å². The van der Waals surface area contributed by atoms with Gasteiger partial charge in [0.2, 0.25) is 0 Å². The molecule has 15 atom stereocenters. The van der Waals surface area contributed by atoms with Crippen molar-refractivity contribution < 1.29 is 59.8 Å². The summed E-state index contributed by atoms with van der Waals surface area (Å²) in [6.07, 6.45) is -16.9. The molecule has 0 aromatic carbocycles. The number of hydrogen-bond acceptors (Lipinski definition) is 15. The topological polar surface area (TPSA) is 340 Å². The molecule has 3 fully saturated rings. The van der Waals surface area contributed by atoms with Gasteiger partial charge in [-0.3, -0.25) is 0 Å². The predicted molar refractivity (Wildman–Crippen MR) is 134 cm³/mol. The van der Waals surface area contributed by atoms with E-state index in [1.165, 1.54) is 14.0 Å². The number of rotatable bonds is 9. The predicted octanol–water partition coefficient (Wildman–Crippen LogP) is -8.37. The molecule has 6 unspecified atom stereocenters. The van der Waals surface area contributed by atoms with E-state index < -0.39 is 116 Å². The Kier molecular flexibility index (Phi) is 10.5. The number of guanidine groups is 2. The van der Waals surface area contributed by atoms with Crippen LogP contribution < -0.4 is 28.3 Å². The lowest BCUT2D eigenvalue weighted by atomic mass is 9.81. The molecule has 17 N–H and O–H groups in total. The second-order valence-corrected chi connectivity index (χ2v) is 10.0. The molecule has 0 aromatic rings. The number of aliphatic hydroxyl groups excluding tert-OH is 7. The van der Waals surface area contributed by atoms with Crippen LogP contribution in [0.5, 0.6) is 0 Å². The Hall–Kier alpha value is -1.98. The highest BCUT2D eigenvalue weighted by atomic mass is 16.8. The minimum Gasteiger partial charge on any atom is -0.394 e. The molecule has 2 heterocycles. The highest BCUT2D eigenvalue weighted by molar-refractivity contribution is 5.76. The zero-order valence-electron chi connectivity index (χ0n) is 21.9. The van der Waals surface area contributed by atoms with E-state index in [9.17, 15) is 40.9 Å². The first-order valence-corrected chi connectivity index (χ1v) is 12.5. The number of ether oxygens (including phenoxy) is 4. The van der Waals surface area contributed by atoms with Crippen molar-refractivity contribution in [1.82, 2.24) is 5.32 Å². The van der Waals surface area contributed by atoms with E-state index in [0.29, 0.717) is 0 Å². The lowest BCUT2D eigenvalue weighted by Crippen LogP contribution is -2.66. The highest BCUT2D eigenvalue weighted by Crippen LogP contribution is 2.39. The van der Waals surface area contributed by atoms with Gasteiger partial charge < -0.3 is 88.1 Å². The number of aliphatic imine (C=N–C) groups is 2. The fourth-order valence-corrected chi connectivity index (χ4v) is 5.17. The highest BCUT2D eigenvalue weighted by Gasteiger charge is 2.60. The third kappa shape index (κ3) is 6.11. The van der Waals surface area contributed by atoms with Crippen molar-refractivity contribution in [2.75, 3.05) is 20.3 Å². The van der Waals surface area contributed by atoms with Crippen LogP contribution in [0.3, 0.4) is 0 Å². The Morgan fingerprint density at radius 3 is 1.95 bits per heavy atom. The van der Waals surface area contributed by atoms with E-state index in [-0.39, 0.29) is 0 Å². The largest absolute Gasteiger partial charge is 0.394 e. The van der Waals surface area contributed by atoms with Crippen LogP contribution in [0.2, 0.25) is 0 Å². The Morgan fingerprint density at radius 1 is 0.825 bits per heavy atom. The molecule has 0 bridgehead atoms. The van der Waals surface area contributed by atoms with Crippen molar-refractivity contribution in [2.24, 2.45) is 32.9 Å². The summed E-state index contributed by atoms with van der Waals surface area (Å²) in [6.45, 7) is -0.199. The Morgan fingerprint density at radius 2 is 1.43 bits per heavy atom. The molecular weight excluding hydrogens is 542 g/mol. The molecule has 0 spiro atoms. The fourth-order valence-electron chi connectivity index (χ4n) is 5.17. The lowest BCUT2D eigenvalue weighted by molar-refractivity contribution is -0.317. The van der Waals surface area contributed by atoms with Crippen molar-refractivity contribution in [3.8, 4) is 0 Å². The van der Waals surface area contributed by atoms with Crippen LogP contribution in [-0.4, -0.2) is 164 Å². The van der Waals surface area contributed by atoms with E-state index in [0.717, 1.165) is 0 Å². The van der Waals surface area contributed by atoms with Gasteiger partial charge in [0.1, 0.15) is 66.5 Å². The Labute approximate surface area is 229 Å². The summed E-state index contributed by atoms with van der Waals surface area (Å²) in [7, 11) is 1.44. The van der Waals surface area contributed by atoms with E-state index in [1.807, 2.05) is 0 Å². The molecule has 0 aromatic heterocycles. The second-order valence-electron chi connectivity index (χ2n) is 10.0. The minimum absolute atomic E-state index is 0.493. The van der Waals surface area contributed by atoms with Crippen LogP contribution in [0, 0.1) is 0 Å². The summed E-state index contributed by atoms with van der Waals surface area (Å²) < 4.78 is 23.2. The second kappa shape index (κ2) is 12.9. The van der Waals surface area contributed by atoms with E-state index >= 15 is 0 Å². The van der Waals surface area contributed by atoms with Crippen molar-refractivity contribution in [2.45, 2.75) is 98.2 Å². The number of aliphatic hydroxyl groups is 8. The van der Waals surface area contributed by atoms with Gasteiger partial charge in [0.25, 0.3) is 0 Å². The maximum Gasteiger partial charge on any atom is 0.187 e. The van der Waals surface area contributed by atoms with Crippen molar-refractivity contribution in [3.63, 3.8) is 0 Å². The van der Waals surface area contributed by atoms with Gasteiger partial charge in [0.05, 0.1) is 25.4 Å². The first-order valence-electron chi connectivity index (χ1n) is 12.5. The summed E-state index contributed by atoms with van der Waals surface area (Å²) in [5, 5.41) is 87.0. The first kappa shape index (κ1) is 32.5. The van der Waals surface area contributed by atoms with Crippen LogP contribution >= 0.6 is 0 Å². The SMILES string of the molecule is CN[C@H]1C(O)[C@@H](O)C(CO)O[C@H]1O[C@@H]1[C@H](O[C@H]2C(N=C(N)N)C(O)[C@@H](N=C(N)N)C(O)[C@H]2O)O[C@H](C)C1(O)CO. The zero-order valence-corrected chi connectivity index (χ0v) is 21.9. The monoisotopic (exact) mass is 583 g/mol. The average molecular weight is 584 g/mol. The number of nitrogens with zero attached hydrogens (tertiary/aromatic N) is 2. The molecule has 3 aliphatic rings. The Balaban J connectivity index is 1.96. The van der Waals surface area contributed by atoms with Gasteiger partial charge in [0.15, 0.2) is 24.5 Å². The van der Waals surface area contributed by atoms with Gasteiger partial charge in [0, 0.05) is 0 Å². The molecule has 1 saturated carbocycles. The van der Waals surface area contributed by atoms with E-state index in [1.54, 1.807) is 0 Å². The van der Waals surface area contributed by atoms with Crippen LogP contribution in [0.25, 0.3) is 0 Å². The van der Waals surface area contributed by atoms with Crippen LogP contribution in [-0.2, 0) is 18.9 Å². The maximum absolute atomic E-state index is 11.3. The van der Waals surface area contributed by atoms with Crippen molar-refractivity contribution in [3.05, 3.63) is 0 Å². The van der Waals surface area contributed by atoms with Gasteiger partial charge in [-0.05, 0) is 14.0 Å². The number of nitrogens with one attached hydrogen (secondary N) is 1. The molecule has 0 radical (unpaired) electrons. The molecule has 40 heavy (non-hydrogen) atoms. The molecule has 2 saturated heterocycles. The third-order valence-corrected chi connectivity index (χ3v) is 7.49. The Bertz CT molecular complexity index is 911. The molecule has 0 amide bonds. The normalized spacial score (nSPS) is 47.5. The van der Waals surface area contributed by atoms with Crippen LogP contribution in [0.4, 0.5) is 0 Å². The third-order valence-electron chi connectivity index (χ3n) is 7.49. The quantitative estimate of drug-likeness (QED) is 0.0884. The summed E-state index contributed by atoms with van der Waals surface area (Å²) in [6, 6.07) is -4.00. The number of hydrogen-bond donors (Lipinski definition) is 13. The molecule has 1 aliphatic carbocycles. The minimum atomic E-state index is -2.15. The standard InChI is InChI=1S/C21H41N7O12/c1-5-21(36,4-30)16(40-17-9(26-2)13(34)10(31)6(3-29)38-17)18(37-5)39-15-8(28-20(24)25)11(32)7(27-19(22)23)12(33)14(15)35/h5-18,26,29-36H,3-4H2,1-2H3,(H4,22,23,27)(H4,24,25,28)/t5-,6?,7-,8?,9+,10+,11?,12?,13?,14-,15+,16-,17+,18+,21?/m1/s1. The van der Waals surface area contributed by atoms with E-state index in [2.05, 4.69) is 15.3 Å². The molecule has 3 rings (SSSR count). The molecule has 232 valence electrons. The van der Waals surface area contributed by atoms with Crippen molar-refractivity contribution >= 4 is 11.9 Å². The van der Waals surface area contributed by atoms with Crippen molar-refractivity contribution in [1.29, 1.82) is 0 Å². The summed E-state index contributed by atoms with van der Waals surface area (Å²) >= 11 is 0. The summed E-state index contributed by atoms with van der Waals surface area (Å²) in [5.41, 5.74) is 19.7. The smallest absolute Gasteiger partial charge is 0.187 e. The lowest BCUT2D eigenvalue weighted by Gasteiger charge is -2.45. The van der Waals surface area contributed by atoms with Gasteiger partial charge in [-0.15, -0.1) is 0 Å². The van der Waals surface area contributed by atoms with Crippen LogP contribution in [0.15, 0.2) is 9.98 Å². The average Bonchev–Trinajstić information content (AvgIpc) is 3.13. The van der Waals surface area contributed by atoms with Gasteiger partial charge in [-0.25, -0.2) is 9.98 Å². The van der Waals surface area contributed by atoms with Gasteiger partial charge in [-0.1, -0.05) is 0 Å². The number of nitrogens with two attached hydrogens (primary N) is 4. The summed E-state index contributed by atoms with van der Waals surface area (Å²) in [5.74, 6) is -1.01. The zero-order chi connectivity index (χ0) is 30.1. The maximum atomic E-state index is 11.3. The fraction of sp³-hybridized carbons (Fsp3) is 0.905. The molecule has 2 aliphatic heterocycles.